The molecule has 0 aromatic heterocycles. The van der Waals surface area contributed by atoms with E-state index < -0.39 is 0 Å². The number of hydrogen-bond donors (Lipinski definition) is 1. The topological polar surface area (TPSA) is 41.6 Å². The predicted octanol–water partition coefficient (Wildman–Crippen LogP) is 2.71. The Kier molecular flexibility index (Phi) is 7.00. The fraction of sp³-hybridized carbons (Fsp3) is 0.357. The van der Waals surface area contributed by atoms with Crippen molar-refractivity contribution in [2.75, 3.05) is 32.1 Å². The van der Waals surface area contributed by atoms with Gasteiger partial charge >= 0.3 is 0 Å². The van der Waals surface area contributed by atoms with Gasteiger partial charge in [-0.05, 0) is 18.7 Å². The summed E-state index contributed by atoms with van der Waals surface area (Å²) in [5.41, 5.74) is 2.14. The quantitative estimate of drug-likeness (QED) is 0.836. The van der Waals surface area contributed by atoms with Gasteiger partial charge in [-0.2, -0.15) is 0 Å². The molecule has 19 heavy (non-hydrogen) atoms. The molecule has 0 unspecified atom stereocenters. The second-order valence-corrected chi connectivity index (χ2v) is 4.19. The molecule has 1 N–H and O–H groups in total. The summed E-state index contributed by atoms with van der Waals surface area (Å²) in [5, 5.41) is 2.84. The van der Waals surface area contributed by atoms with Crippen molar-refractivity contribution >= 4 is 23.2 Å². The van der Waals surface area contributed by atoms with Gasteiger partial charge in [0.1, 0.15) is 5.75 Å². The summed E-state index contributed by atoms with van der Waals surface area (Å²) in [5.74, 6) is 0.578. The number of anilines is 1. The number of carbonyl (C=O) groups excluding carboxylic acids is 1. The summed E-state index contributed by atoms with van der Waals surface area (Å²) in [6.07, 6.45) is 1.81. The third kappa shape index (κ3) is 5.32. The zero-order valence-electron chi connectivity index (χ0n) is 11.2. The van der Waals surface area contributed by atoms with Crippen molar-refractivity contribution in [2.24, 2.45) is 0 Å². The Labute approximate surface area is 119 Å². The number of nitrogens with one attached hydrogen (secondary N) is 1. The largest absolute Gasteiger partial charge is 0.495 e. The maximum Gasteiger partial charge on any atom is 0.238 e. The number of halogens is 1. The molecule has 0 atom stereocenters. The smallest absolute Gasteiger partial charge is 0.238 e. The third-order valence-electron chi connectivity index (χ3n) is 2.65. The molecule has 0 radical (unpaired) electrons. The lowest BCUT2D eigenvalue weighted by atomic mass is 10.3. The van der Waals surface area contributed by atoms with Gasteiger partial charge in [-0.1, -0.05) is 36.7 Å². The van der Waals surface area contributed by atoms with Gasteiger partial charge in [-0.25, -0.2) is 0 Å². The SMILES string of the molecule is CCN(C/C=C/Cl)CC(=O)Nc1ccccc1OC. The van der Waals surface area contributed by atoms with E-state index in [1.807, 2.05) is 36.1 Å². The molecule has 0 spiro atoms. The van der Waals surface area contributed by atoms with Gasteiger partial charge < -0.3 is 10.1 Å². The number of hydrogen-bond acceptors (Lipinski definition) is 3. The van der Waals surface area contributed by atoms with E-state index >= 15 is 0 Å². The van der Waals surface area contributed by atoms with Crippen LogP contribution < -0.4 is 10.1 Å². The molecular formula is C14H19ClN2O2. The number of rotatable bonds is 7. The molecule has 0 heterocycles. The summed E-state index contributed by atoms with van der Waals surface area (Å²) in [7, 11) is 1.58. The summed E-state index contributed by atoms with van der Waals surface area (Å²) >= 11 is 5.48. The van der Waals surface area contributed by atoms with E-state index in [-0.39, 0.29) is 5.91 Å². The van der Waals surface area contributed by atoms with Gasteiger partial charge in [0.05, 0.1) is 19.3 Å². The second kappa shape index (κ2) is 8.56. The molecule has 1 aromatic rings. The fourth-order valence-corrected chi connectivity index (χ4v) is 1.71. The molecule has 0 aliphatic heterocycles. The molecule has 5 heteroatoms. The minimum atomic E-state index is -0.0747. The van der Waals surface area contributed by atoms with Crippen molar-refractivity contribution in [3.8, 4) is 5.75 Å². The molecule has 0 fully saturated rings. The Morgan fingerprint density at radius 3 is 2.84 bits per heavy atom. The first-order chi connectivity index (χ1) is 9.21. The Morgan fingerprint density at radius 1 is 1.47 bits per heavy atom. The highest BCUT2D eigenvalue weighted by molar-refractivity contribution is 6.25. The second-order valence-electron chi connectivity index (χ2n) is 3.94. The number of benzene rings is 1. The van der Waals surface area contributed by atoms with Crippen LogP contribution in [-0.2, 0) is 4.79 Å². The number of ether oxygens (including phenoxy) is 1. The number of nitrogens with zero attached hydrogens (tertiary/aromatic N) is 1. The molecular weight excluding hydrogens is 264 g/mol. The summed E-state index contributed by atoms with van der Waals surface area (Å²) < 4.78 is 5.19. The maximum atomic E-state index is 11.9. The maximum absolute atomic E-state index is 11.9. The number of likely N-dealkylation sites (N-methyl/N-ethyl adjacent to an activating group) is 1. The lowest BCUT2D eigenvalue weighted by molar-refractivity contribution is -0.117. The average Bonchev–Trinajstić information content (AvgIpc) is 2.44. The third-order valence-corrected chi connectivity index (χ3v) is 2.83. The molecule has 1 rings (SSSR count). The predicted molar refractivity (Wildman–Crippen MR) is 78.7 cm³/mol. The monoisotopic (exact) mass is 282 g/mol. The zero-order valence-corrected chi connectivity index (χ0v) is 12.0. The van der Waals surface area contributed by atoms with Crippen molar-refractivity contribution in [1.82, 2.24) is 4.90 Å². The van der Waals surface area contributed by atoms with Crippen LogP contribution >= 0.6 is 11.6 Å². The van der Waals surface area contributed by atoms with E-state index in [0.29, 0.717) is 24.5 Å². The standard InChI is InChI=1S/C14H19ClN2O2/c1-3-17(10-6-9-15)11-14(18)16-12-7-4-5-8-13(12)19-2/h4-9H,3,10-11H2,1-2H3,(H,16,18)/b9-6+. The van der Waals surface area contributed by atoms with Crippen LogP contribution in [-0.4, -0.2) is 37.6 Å². The van der Waals surface area contributed by atoms with E-state index in [1.165, 1.54) is 5.54 Å². The van der Waals surface area contributed by atoms with Crippen LogP contribution in [0.15, 0.2) is 35.9 Å². The van der Waals surface area contributed by atoms with Gasteiger partial charge in [0.2, 0.25) is 5.91 Å². The van der Waals surface area contributed by atoms with Crippen LogP contribution in [0.4, 0.5) is 5.69 Å². The Morgan fingerprint density at radius 2 is 2.21 bits per heavy atom. The van der Waals surface area contributed by atoms with Gasteiger partial charge in [0.25, 0.3) is 0 Å². The van der Waals surface area contributed by atoms with Crippen LogP contribution in [0.5, 0.6) is 5.75 Å². The van der Waals surface area contributed by atoms with Crippen LogP contribution in [0.1, 0.15) is 6.92 Å². The van der Waals surface area contributed by atoms with Crippen LogP contribution in [0.2, 0.25) is 0 Å². The summed E-state index contributed by atoms with van der Waals surface area (Å²) in [6, 6.07) is 7.33. The highest BCUT2D eigenvalue weighted by Gasteiger charge is 2.10. The van der Waals surface area contributed by atoms with Crippen LogP contribution in [0, 0.1) is 0 Å². The number of amides is 1. The molecule has 4 nitrogen and oxygen atoms in total. The first-order valence-corrected chi connectivity index (χ1v) is 6.55. The minimum Gasteiger partial charge on any atom is -0.495 e. The van der Waals surface area contributed by atoms with Crippen molar-refractivity contribution in [2.45, 2.75) is 6.92 Å². The molecule has 0 aliphatic rings. The van der Waals surface area contributed by atoms with Crippen molar-refractivity contribution in [1.29, 1.82) is 0 Å². The molecule has 0 bridgehead atoms. The lowest BCUT2D eigenvalue weighted by Gasteiger charge is -2.18. The number of para-hydroxylation sites is 2. The first-order valence-electron chi connectivity index (χ1n) is 6.11. The van der Waals surface area contributed by atoms with E-state index in [2.05, 4.69) is 5.32 Å². The van der Waals surface area contributed by atoms with E-state index in [1.54, 1.807) is 13.2 Å². The van der Waals surface area contributed by atoms with Gasteiger partial charge in [-0.15, -0.1) is 0 Å². The highest BCUT2D eigenvalue weighted by atomic mass is 35.5. The molecule has 1 amide bonds. The first kappa shape index (κ1) is 15.5. The lowest BCUT2D eigenvalue weighted by Crippen LogP contribution is -2.33. The summed E-state index contributed by atoms with van der Waals surface area (Å²) in [4.78, 5) is 13.9. The van der Waals surface area contributed by atoms with Crippen molar-refractivity contribution in [3.63, 3.8) is 0 Å². The molecule has 104 valence electrons. The Balaban J connectivity index is 2.58. The van der Waals surface area contributed by atoms with Crippen LogP contribution in [0.25, 0.3) is 0 Å². The van der Waals surface area contributed by atoms with E-state index in [0.717, 1.165) is 6.54 Å². The van der Waals surface area contributed by atoms with Crippen LogP contribution in [0.3, 0.4) is 0 Å². The summed E-state index contributed by atoms with van der Waals surface area (Å²) in [6.45, 7) is 3.74. The fourth-order valence-electron chi connectivity index (χ4n) is 1.64. The van der Waals surface area contributed by atoms with Crippen molar-refractivity contribution in [3.05, 3.63) is 35.9 Å². The molecule has 0 saturated carbocycles. The highest BCUT2D eigenvalue weighted by Crippen LogP contribution is 2.22. The minimum absolute atomic E-state index is 0.0747. The molecule has 0 saturated heterocycles. The molecule has 0 aliphatic carbocycles. The van der Waals surface area contributed by atoms with E-state index in [4.69, 9.17) is 16.3 Å². The van der Waals surface area contributed by atoms with E-state index in [9.17, 15) is 4.79 Å². The number of methoxy groups -OCH3 is 1. The Bertz CT molecular complexity index is 435. The zero-order chi connectivity index (χ0) is 14.1. The average molecular weight is 283 g/mol. The van der Waals surface area contributed by atoms with Crippen molar-refractivity contribution < 1.29 is 9.53 Å². The normalized spacial score (nSPS) is 10.9. The molecule has 1 aromatic carbocycles. The Hall–Kier alpha value is -1.52. The van der Waals surface area contributed by atoms with Gasteiger partial charge in [0, 0.05) is 12.1 Å². The van der Waals surface area contributed by atoms with Gasteiger partial charge in [0.15, 0.2) is 0 Å². The number of carbonyl (C=O) groups is 1. The van der Waals surface area contributed by atoms with Gasteiger partial charge in [-0.3, -0.25) is 9.69 Å².